The van der Waals surface area contributed by atoms with Crippen molar-refractivity contribution in [3.8, 4) is 17.2 Å². The van der Waals surface area contributed by atoms with Crippen molar-refractivity contribution >= 4 is 11.6 Å². The van der Waals surface area contributed by atoms with Gasteiger partial charge >= 0.3 is 0 Å². The summed E-state index contributed by atoms with van der Waals surface area (Å²) in [6, 6.07) is 1.90. The van der Waals surface area contributed by atoms with Crippen molar-refractivity contribution in [3.05, 3.63) is 17.2 Å². The standard InChI is InChI=1S/C20H25NO5/c1-21-8-7-12-9-17-19(26-11-25-17)20(24-2)18(12)14(21)10-16(23)13-5-3-4-6-15(13)22/h9,13-14H,3-8,10-11H2,1-2H3/t13-,14-/m1/s1. The van der Waals surface area contributed by atoms with Gasteiger partial charge in [0.25, 0.3) is 0 Å². The average Bonchev–Trinajstić information content (AvgIpc) is 3.10. The summed E-state index contributed by atoms with van der Waals surface area (Å²) in [5.41, 5.74) is 2.14. The fourth-order valence-corrected chi connectivity index (χ4v) is 4.44. The van der Waals surface area contributed by atoms with Crippen LogP contribution in [-0.2, 0) is 16.0 Å². The smallest absolute Gasteiger partial charge is 0.231 e. The predicted molar refractivity (Wildman–Crippen MR) is 94.8 cm³/mol. The molecular weight excluding hydrogens is 334 g/mol. The Morgan fingerprint density at radius 3 is 2.92 bits per heavy atom. The molecule has 1 aromatic rings. The van der Waals surface area contributed by atoms with Gasteiger partial charge in [-0.1, -0.05) is 6.42 Å². The van der Waals surface area contributed by atoms with Gasteiger partial charge in [0.1, 0.15) is 11.6 Å². The lowest BCUT2D eigenvalue weighted by Gasteiger charge is -2.36. The zero-order valence-corrected chi connectivity index (χ0v) is 15.4. The van der Waals surface area contributed by atoms with E-state index >= 15 is 0 Å². The predicted octanol–water partition coefficient (Wildman–Crippen LogP) is 2.67. The number of likely N-dealkylation sites (N-methyl/N-ethyl adjacent to an activating group) is 1. The fourth-order valence-electron chi connectivity index (χ4n) is 4.44. The van der Waals surface area contributed by atoms with Crippen molar-refractivity contribution in [2.45, 2.75) is 44.6 Å². The van der Waals surface area contributed by atoms with Gasteiger partial charge in [-0.25, -0.2) is 0 Å². The summed E-state index contributed by atoms with van der Waals surface area (Å²) in [5.74, 6) is 1.72. The van der Waals surface area contributed by atoms with Gasteiger partial charge < -0.3 is 14.2 Å². The number of benzene rings is 1. The SMILES string of the molecule is COc1c2c(cc3c1[C@@H](CC(=O)[C@@H]1CCCCC1=O)N(C)CC3)OCO2. The molecule has 0 N–H and O–H groups in total. The molecule has 0 amide bonds. The van der Waals surface area contributed by atoms with Gasteiger partial charge in [0.05, 0.1) is 13.0 Å². The first-order valence-electron chi connectivity index (χ1n) is 9.35. The molecule has 1 aliphatic carbocycles. The second-order valence-corrected chi connectivity index (χ2v) is 7.40. The van der Waals surface area contributed by atoms with E-state index in [4.69, 9.17) is 14.2 Å². The van der Waals surface area contributed by atoms with Crippen molar-refractivity contribution in [2.24, 2.45) is 5.92 Å². The molecule has 1 aromatic carbocycles. The summed E-state index contributed by atoms with van der Waals surface area (Å²) in [6.45, 7) is 1.04. The van der Waals surface area contributed by atoms with Crippen LogP contribution in [-0.4, -0.2) is 44.0 Å². The van der Waals surface area contributed by atoms with Gasteiger partial charge in [-0.2, -0.15) is 0 Å². The van der Waals surface area contributed by atoms with Gasteiger partial charge in [-0.05, 0) is 37.9 Å². The number of ether oxygens (including phenoxy) is 3. The topological polar surface area (TPSA) is 65.1 Å². The van der Waals surface area contributed by atoms with E-state index in [1.54, 1.807) is 7.11 Å². The van der Waals surface area contributed by atoms with Crippen LogP contribution in [0.2, 0.25) is 0 Å². The highest BCUT2D eigenvalue weighted by Crippen LogP contribution is 2.50. The molecule has 1 fully saturated rings. The van der Waals surface area contributed by atoms with E-state index in [1.807, 2.05) is 13.1 Å². The maximum Gasteiger partial charge on any atom is 0.231 e. The van der Waals surface area contributed by atoms with E-state index in [1.165, 1.54) is 0 Å². The largest absolute Gasteiger partial charge is 0.492 e. The van der Waals surface area contributed by atoms with Crippen LogP contribution >= 0.6 is 0 Å². The maximum absolute atomic E-state index is 12.9. The number of methoxy groups -OCH3 is 1. The van der Waals surface area contributed by atoms with Gasteiger partial charge in [0.15, 0.2) is 11.5 Å². The lowest BCUT2D eigenvalue weighted by Crippen LogP contribution is -2.36. The number of hydrogen-bond donors (Lipinski definition) is 0. The minimum absolute atomic E-state index is 0.0547. The minimum atomic E-state index is -0.428. The molecule has 1 saturated carbocycles. The monoisotopic (exact) mass is 359 g/mol. The average molecular weight is 359 g/mol. The molecule has 6 nitrogen and oxygen atoms in total. The Kier molecular flexibility index (Phi) is 4.61. The number of ketones is 2. The molecule has 0 unspecified atom stereocenters. The molecule has 0 radical (unpaired) electrons. The van der Waals surface area contributed by atoms with E-state index in [9.17, 15) is 9.59 Å². The van der Waals surface area contributed by atoms with Gasteiger partial charge in [-0.3, -0.25) is 14.5 Å². The van der Waals surface area contributed by atoms with E-state index in [2.05, 4.69) is 4.90 Å². The lowest BCUT2D eigenvalue weighted by molar-refractivity contribution is -0.135. The molecular formula is C20H25NO5. The summed E-state index contributed by atoms with van der Waals surface area (Å²) >= 11 is 0. The molecule has 3 aliphatic rings. The molecule has 2 heterocycles. The first kappa shape index (κ1) is 17.3. The van der Waals surface area contributed by atoms with Crippen LogP contribution in [0, 0.1) is 5.92 Å². The van der Waals surface area contributed by atoms with Crippen LogP contribution in [0.25, 0.3) is 0 Å². The number of hydrogen-bond acceptors (Lipinski definition) is 6. The van der Waals surface area contributed by atoms with Gasteiger partial charge in [-0.15, -0.1) is 0 Å². The van der Waals surface area contributed by atoms with E-state index in [0.717, 1.165) is 36.9 Å². The molecule has 26 heavy (non-hydrogen) atoms. The third kappa shape index (κ3) is 2.86. The zero-order valence-electron chi connectivity index (χ0n) is 15.4. The molecule has 6 heteroatoms. The molecule has 2 aliphatic heterocycles. The van der Waals surface area contributed by atoms with Crippen molar-refractivity contribution in [1.82, 2.24) is 4.90 Å². The minimum Gasteiger partial charge on any atom is -0.492 e. The van der Waals surface area contributed by atoms with Crippen molar-refractivity contribution in [1.29, 1.82) is 0 Å². The van der Waals surface area contributed by atoms with Crippen LogP contribution in [0.15, 0.2) is 6.07 Å². The maximum atomic E-state index is 12.9. The normalized spacial score (nSPS) is 25.1. The molecule has 4 rings (SSSR count). The summed E-state index contributed by atoms with van der Waals surface area (Å²) in [6.07, 6.45) is 4.30. The summed E-state index contributed by atoms with van der Waals surface area (Å²) in [4.78, 5) is 27.3. The first-order valence-corrected chi connectivity index (χ1v) is 9.35. The lowest BCUT2D eigenvalue weighted by atomic mass is 9.80. The van der Waals surface area contributed by atoms with Crippen LogP contribution in [0.4, 0.5) is 0 Å². The molecule has 0 aromatic heterocycles. The van der Waals surface area contributed by atoms with Crippen LogP contribution in [0.3, 0.4) is 0 Å². The Balaban J connectivity index is 1.67. The third-order valence-electron chi connectivity index (χ3n) is 5.88. The summed E-state index contributed by atoms with van der Waals surface area (Å²) in [5, 5.41) is 0. The second kappa shape index (κ2) is 6.91. The van der Waals surface area contributed by atoms with Gasteiger partial charge in [0, 0.05) is 31.0 Å². The number of carbonyl (C=O) groups excluding carboxylic acids is 2. The Morgan fingerprint density at radius 2 is 2.15 bits per heavy atom. The van der Waals surface area contributed by atoms with E-state index < -0.39 is 5.92 Å². The van der Waals surface area contributed by atoms with Crippen LogP contribution in [0.5, 0.6) is 17.2 Å². The summed E-state index contributed by atoms with van der Waals surface area (Å²) in [7, 11) is 3.64. The van der Waals surface area contributed by atoms with Crippen molar-refractivity contribution < 1.29 is 23.8 Å². The van der Waals surface area contributed by atoms with Crippen LogP contribution < -0.4 is 14.2 Å². The first-order chi connectivity index (χ1) is 12.6. The molecule has 140 valence electrons. The third-order valence-corrected chi connectivity index (χ3v) is 5.88. The van der Waals surface area contributed by atoms with E-state index in [-0.39, 0.29) is 24.4 Å². The highest BCUT2D eigenvalue weighted by molar-refractivity contribution is 6.03. The Bertz CT molecular complexity index is 744. The number of Topliss-reactive ketones (excluding diaryl/α,β-unsaturated/α-hetero) is 2. The molecule has 0 bridgehead atoms. The second-order valence-electron chi connectivity index (χ2n) is 7.40. The fraction of sp³-hybridized carbons (Fsp3) is 0.600. The highest BCUT2D eigenvalue weighted by atomic mass is 16.7. The Morgan fingerprint density at radius 1 is 1.31 bits per heavy atom. The van der Waals surface area contributed by atoms with E-state index in [0.29, 0.717) is 36.5 Å². The summed E-state index contributed by atoms with van der Waals surface area (Å²) < 4.78 is 16.8. The number of carbonyl (C=O) groups is 2. The highest BCUT2D eigenvalue weighted by Gasteiger charge is 2.37. The number of fused-ring (bicyclic) bond motifs is 2. The zero-order chi connectivity index (χ0) is 18.3. The number of nitrogens with zero attached hydrogens (tertiary/aromatic N) is 1. The molecule has 0 spiro atoms. The Hall–Kier alpha value is -2.08. The van der Waals surface area contributed by atoms with Gasteiger partial charge in [0.2, 0.25) is 12.5 Å². The number of rotatable bonds is 4. The van der Waals surface area contributed by atoms with Crippen molar-refractivity contribution in [3.63, 3.8) is 0 Å². The Labute approximate surface area is 153 Å². The van der Waals surface area contributed by atoms with Crippen molar-refractivity contribution in [2.75, 3.05) is 27.5 Å². The van der Waals surface area contributed by atoms with Crippen LogP contribution in [0.1, 0.15) is 49.3 Å². The quantitative estimate of drug-likeness (QED) is 0.770. The molecule has 0 saturated heterocycles. The molecule has 2 atom stereocenters.